The quantitative estimate of drug-likeness (QED) is 0.699. The fourth-order valence-corrected chi connectivity index (χ4v) is 2.70. The van der Waals surface area contributed by atoms with Gasteiger partial charge < -0.3 is 16.0 Å². The highest BCUT2D eigenvalue weighted by atomic mass is 15.0. The molecule has 1 aliphatic heterocycles. The third-order valence-electron chi connectivity index (χ3n) is 3.59. The summed E-state index contributed by atoms with van der Waals surface area (Å²) in [5, 5.41) is 4.78. The molecule has 0 saturated carbocycles. The Morgan fingerprint density at radius 1 is 1.41 bits per heavy atom. The van der Waals surface area contributed by atoms with E-state index in [4.69, 9.17) is 5.73 Å². The van der Waals surface area contributed by atoms with Crippen LogP contribution in [0.25, 0.3) is 10.9 Å². The second-order valence-corrected chi connectivity index (χ2v) is 4.78. The number of nitrogens with one attached hydrogen (secondary N) is 2. The van der Waals surface area contributed by atoms with Crippen LogP contribution in [0.15, 0.2) is 36.5 Å². The topological polar surface area (TPSA) is 53.8 Å². The van der Waals surface area contributed by atoms with Crippen LogP contribution >= 0.6 is 0 Å². The van der Waals surface area contributed by atoms with Gasteiger partial charge in [-0.1, -0.05) is 24.8 Å². The minimum Gasteiger partial charge on any atom is -0.401 e. The fraction of sp³-hybridized carbons (Fsp3) is 0.286. The average molecular weight is 227 g/mol. The zero-order valence-electron chi connectivity index (χ0n) is 9.96. The predicted octanol–water partition coefficient (Wildman–Crippen LogP) is 2.22. The molecule has 2 heterocycles. The maximum atomic E-state index is 5.83. The molecule has 2 unspecified atom stereocenters. The standard InChI is InChI=1S/C14H17N3/c1-8(15)13-7-11-10-5-3-4-6-12(10)17-14(11)9(2)16-13/h3-6,9,13,16-17H,1,7,15H2,2H3. The SMILES string of the molecule is C=C(N)C1Cc2c([nH]c3ccccc23)C(C)N1. The van der Waals surface area contributed by atoms with Gasteiger partial charge in [-0.25, -0.2) is 0 Å². The van der Waals surface area contributed by atoms with Crippen molar-refractivity contribution in [3.05, 3.63) is 47.8 Å². The number of rotatable bonds is 1. The highest BCUT2D eigenvalue weighted by molar-refractivity contribution is 5.85. The Balaban J connectivity index is 2.16. The van der Waals surface area contributed by atoms with Crippen LogP contribution in [0.2, 0.25) is 0 Å². The molecule has 0 saturated heterocycles. The van der Waals surface area contributed by atoms with Crippen molar-refractivity contribution in [2.75, 3.05) is 0 Å². The summed E-state index contributed by atoms with van der Waals surface area (Å²) in [6, 6.07) is 8.89. The van der Waals surface area contributed by atoms with Crippen molar-refractivity contribution in [1.82, 2.24) is 10.3 Å². The minimum atomic E-state index is 0.178. The van der Waals surface area contributed by atoms with Gasteiger partial charge in [0.2, 0.25) is 0 Å². The molecular formula is C14H17N3. The van der Waals surface area contributed by atoms with E-state index < -0.39 is 0 Å². The second-order valence-electron chi connectivity index (χ2n) is 4.78. The van der Waals surface area contributed by atoms with Crippen molar-refractivity contribution in [2.45, 2.75) is 25.4 Å². The van der Waals surface area contributed by atoms with Crippen molar-refractivity contribution in [1.29, 1.82) is 0 Å². The lowest BCUT2D eigenvalue weighted by Crippen LogP contribution is -2.41. The van der Waals surface area contributed by atoms with Gasteiger partial charge >= 0.3 is 0 Å². The Kier molecular flexibility index (Phi) is 2.23. The third-order valence-corrected chi connectivity index (χ3v) is 3.59. The molecule has 0 fully saturated rings. The van der Waals surface area contributed by atoms with Crippen LogP contribution in [-0.2, 0) is 6.42 Å². The number of nitrogens with two attached hydrogens (primary N) is 1. The summed E-state index contributed by atoms with van der Waals surface area (Å²) < 4.78 is 0. The van der Waals surface area contributed by atoms with Gasteiger partial charge in [0.15, 0.2) is 0 Å². The maximum absolute atomic E-state index is 5.83. The van der Waals surface area contributed by atoms with E-state index in [1.54, 1.807) is 0 Å². The first kappa shape index (κ1) is 10.4. The van der Waals surface area contributed by atoms with Gasteiger partial charge in [-0.15, -0.1) is 0 Å². The molecule has 0 aliphatic carbocycles. The molecule has 4 N–H and O–H groups in total. The van der Waals surface area contributed by atoms with Crippen molar-refractivity contribution in [3.63, 3.8) is 0 Å². The Labute approximate surface area is 101 Å². The van der Waals surface area contributed by atoms with E-state index >= 15 is 0 Å². The van der Waals surface area contributed by atoms with Crippen molar-refractivity contribution in [3.8, 4) is 0 Å². The van der Waals surface area contributed by atoms with Gasteiger partial charge in [-0.05, 0) is 25.0 Å². The maximum Gasteiger partial charge on any atom is 0.0508 e. The molecule has 2 atom stereocenters. The van der Waals surface area contributed by atoms with Gasteiger partial charge in [-0.3, -0.25) is 0 Å². The van der Waals surface area contributed by atoms with E-state index in [1.165, 1.54) is 22.2 Å². The van der Waals surface area contributed by atoms with Gasteiger partial charge in [-0.2, -0.15) is 0 Å². The first-order chi connectivity index (χ1) is 8.16. The molecule has 88 valence electrons. The van der Waals surface area contributed by atoms with Gasteiger partial charge in [0.1, 0.15) is 0 Å². The van der Waals surface area contributed by atoms with E-state index in [0.29, 0.717) is 5.70 Å². The summed E-state index contributed by atoms with van der Waals surface area (Å²) in [6.07, 6.45) is 0.916. The summed E-state index contributed by atoms with van der Waals surface area (Å²) >= 11 is 0. The molecule has 3 heteroatoms. The molecule has 1 aromatic heterocycles. The van der Waals surface area contributed by atoms with E-state index in [0.717, 1.165) is 6.42 Å². The molecule has 0 spiro atoms. The lowest BCUT2D eigenvalue weighted by Gasteiger charge is -2.29. The van der Waals surface area contributed by atoms with Gasteiger partial charge in [0, 0.05) is 28.3 Å². The largest absolute Gasteiger partial charge is 0.401 e. The first-order valence-corrected chi connectivity index (χ1v) is 5.96. The lowest BCUT2D eigenvalue weighted by molar-refractivity contribution is 0.454. The highest BCUT2D eigenvalue weighted by Crippen LogP contribution is 2.32. The zero-order valence-corrected chi connectivity index (χ0v) is 9.96. The van der Waals surface area contributed by atoms with E-state index in [2.05, 4.69) is 48.1 Å². The normalized spacial score (nSPS) is 23.6. The van der Waals surface area contributed by atoms with Crippen molar-refractivity contribution >= 4 is 10.9 Å². The van der Waals surface area contributed by atoms with Crippen LogP contribution in [0.5, 0.6) is 0 Å². The summed E-state index contributed by atoms with van der Waals surface area (Å²) in [6.45, 7) is 6.01. The average Bonchev–Trinajstić information content (AvgIpc) is 2.68. The molecule has 1 aliphatic rings. The molecule has 0 amide bonds. The third kappa shape index (κ3) is 1.54. The minimum absolute atomic E-state index is 0.178. The summed E-state index contributed by atoms with van der Waals surface area (Å²) in [4.78, 5) is 3.49. The Morgan fingerprint density at radius 2 is 2.18 bits per heavy atom. The number of benzene rings is 1. The van der Waals surface area contributed by atoms with Crippen LogP contribution in [0, 0.1) is 0 Å². The fourth-order valence-electron chi connectivity index (χ4n) is 2.70. The molecular weight excluding hydrogens is 210 g/mol. The Hall–Kier alpha value is -1.74. The summed E-state index contributed by atoms with van der Waals surface area (Å²) in [5.41, 5.74) is 10.4. The van der Waals surface area contributed by atoms with Crippen LogP contribution in [0.1, 0.15) is 24.2 Å². The smallest absolute Gasteiger partial charge is 0.0508 e. The zero-order chi connectivity index (χ0) is 12.0. The molecule has 0 bridgehead atoms. The molecule has 3 nitrogen and oxygen atoms in total. The molecule has 17 heavy (non-hydrogen) atoms. The predicted molar refractivity (Wildman–Crippen MR) is 70.7 cm³/mol. The number of aromatic nitrogens is 1. The number of aromatic amines is 1. The van der Waals surface area contributed by atoms with E-state index in [-0.39, 0.29) is 12.1 Å². The van der Waals surface area contributed by atoms with Crippen molar-refractivity contribution in [2.24, 2.45) is 5.73 Å². The monoisotopic (exact) mass is 227 g/mol. The lowest BCUT2D eigenvalue weighted by atomic mass is 9.93. The van der Waals surface area contributed by atoms with Crippen LogP contribution in [0.4, 0.5) is 0 Å². The first-order valence-electron chi connectivity index (χ1n) is 5.96. The van der Waals surface area contributed by atoms with Crippen LogP contribution in [0.3, 0.4) is 0 Å². The number of hydrogen-bond donors (Lipinski definition) is 3. The highest BCUT2D eigenvalue weighted by Gasteiger charge is 2.27. The van der Waals surface area contributed by atoms with Crippen LogP contribution in [-0.4, -0.2) is 11.0 Å². The Morgan fingerprint density at radius 3 is 2.94 bits per heavy atom. The number of hydrogen-bond acceptors (Lipinski definition) is 2. The molecule has 1 aromatic carbocycles. The van der Waals surface area contributed by atoms with Crippen LogP contribution < -0.4 is 11.1 Å². The van der Waals surface area contributed by atoms with E-state index in [9.17, 15) is 0 Å². The summed E-state index contributed by atoms with van der Waals surface area (Å²) in [7, 11) is 0. The number of para-hydroxylation sites is 1. The number of H-pyrrole nitrogens is 1. The summed E-state index contributed by atoms with van der Waals surface area (Å²) in [5.74, 6) is 0. The van der Waals surface area contributed by atoms with Crippen molar-refractivity contribution < 1.29 is 0 Å². The van der Waals surface area contributed by atoms with Gasteiger partial charge in [0.25, 0.3) is 0 Å². The van der Waals surface area contributed by atoms with Gasteiger partial charge in [0.05, 0.1) is 6.04 Å². The second kappa shape index (κ2) is 3.64. The number of fused-ring (bicyclic) bond motifs is 3. The Bertz CT molecular complexity index is 582. The molecule has 2 aromatic rings. The molecule has 3 rings (SSSR count). The molecule has 0 radical (unpaired) electrons. The van der Waals surface area contributed by atoms with E-state index in [1.807, 2.05) is 0 Å².